The Morgan fingerprint density at radius 2 is 2.07 bits per heavy atom. The van der Waals surface area contributed by atoms with Crippen molar-refractivity contribution in [2.75, 3.05) is 20.0 Å². The number of halogens is 1. The minimum absolute atomic E-state index is 0.150. The monoisotopic (exact) mass is 489 g/mol. The summed E-state index contributed by atoms with van der Waals surface area (Å²) in [4.78, 5) is 12.2. The number of aromatic nitrogens is 3. The highest BCUT2D eigenvalue weighted by Gasteiger charge is 2.13. The van der Waals surface area contributed by atoms with E-state index >= 15 is 0 Å². The lowest BCUT2D eigenvalue weighted by molar-refractivity contribution is -0.118. The zero-order chi connectivity index (χ0) is 21.5. The van der Waals surface area contributed by atoms with Crippen LogP contribution in [0.15, 0.2) is 57.2 Å². The van der Waals surface area contributed by atoms with Crippen molar-refractivity contribution in [3.8, 4) is 22.9 Å². The fourth-order valence-corrected chi connectivity index (χ4v) is 3.70. The van der Waals surface area contributed by atoms with Gasteiger partial charge in [0.15, 0.2) is 11.0 Å². The second-order valence-electron chi connectivity index (χ2n) is 6.07. The molecule has 1 amide bonds. The van der Waals surface area contributed by atoms with Crippen molar-refractivity contribution >= 4 is 39.8 Å². The van der Waals surface area contributed by atoms with Crippen LogP contribution in [0.1, 0.15) is 5.56 Å². The van der Waals surface area contributed by atoms with E-state index in [1.165, 1.54) is 18.0 Å². The molecule has 10 heteroatoms. The summed E-state index contributed by atoms with van der Waals surface area (Å²) >= 11 is 4.74. The summed E-state index contributed by atoms with van der Waals surface area (Å²) in [5.41, 5.74) is 4.13. The molecule has 0 atom stereocenters. The average molecular weight is 490 g/mol. The molecule has 0 aliphatic heterocycles. The maximum atomic E-state index is 12.2. The summed E-state index contributed by atoms with van der Waals surface area (Å²) < 4.78 is 13.3. The fraction of sp³-hybridized carbons (Fsp3) is 0.200. The molecule has 30 heavy (non-hydrogen) atoms. The number of rotatable bonds is 8. The van der Waals surface area contributed by atoms with E-state index in [0.717, 1.165) is 15.9 Å². The third kappa shape index (κ3) is 5.39. The molecule has 0 saturated carbocycles. The largest absolute Gasteiger partial charge is 0.497 e. The van der Waals surface area contributed by atoms with Gasteiger partial charge < -0.3 is 14.0 Å². The van der Waals surface area contributed by atoms with Gasteiger partial charge in [0, 0.05) is 22.6 Å². The first-order valence-electron chi connectivity index (χ1n) is 8.84. The third-order valence-electron chi connectivity index (χ3n) is 4.08. The van der Waals surface area contributed by atoms with Gasteiger partial charge in [-0.15, -0.1) is 10.2 Å². The Hall–Kier alpha value is -2.85. The topological polar surface area (TPSA) is 90.6 Å². The van der Waals surface area contributed by atoms with Gasteiger partial charge in [-0.3, -0.25) is 4.79 Å². The Kier molecular flexibility index (Phi) is 7.47. The van der Waals surface area contributed by atoms with E-state index in [1.807, 2.05) is 35.9 Å². The Morgan fingerprint density at radius 3 is 2.80 bits per heavy atom. The normalized spacial score (nSPS) is 10.9. The van der Waals surface area contributed by atoms with Gasteiger partial charge in [0.25, 0.3) is 5.91 Å². The predicted molar refractivity (Wildman–Crippen MR) is 120 cm³/mol. The standard InChI is InChI=1S/C20H20BrN5O3S/c1-26-19(13-5-4-6-15(21)9-13)24-25-20(26)30-12-18(27)23-22-11-14-10-16(28-2)7-8-17(14)29-3/h4-11H,12H2,1-3H3,(H,23,27)/b22-11+. The Balaban J connectivity index is 1.59. The number of hydrazone groups is 1. The molecule has 8 nitrogen and oxygen atoms in total. The second kappa shape index (κ2) is 10.3. The summed E-state index contributed by atoms with van der Waals surface area (Å²) in [6.07, 6.45) is 1.51. The van der Waals surface area contributed by atoms with Gasteiger partial charge in [0.1, 0.15) is 11.5 Å². The van der Waals surface area contributed by atoms with Crippen LogP contribution in [0.3, 0.4) is 0 Å². The van der Waals surface area contributed by atoms with E-state index in [-0.39, 0.29) is 11.7 Å². The summed E-state index contributed by atoms with van der Waals surface area (Å²) in [7, 11) is 5.01. The number of methoxy groups -OCH3 is 2. The molecule has 0 fully saturated rings. The van der Waals surface area contributed by atoms with Crippen molar-refractivity contribution in [2.45, 2.75) is 5.16 Å². The van der Waals surface area contributed by atoms with E-state index in [0.29, 0.717) is 22.2 Å². The minimum atomic E-state index is -0.259. The number of hydrogen-bond donors (Lipinski definition) is 1. The highest BCUT2D eigenvalue weighted by Crippen LogP contribution is 2.25. The molecule has 1 N–H and O–H groups in total. The first-order valence-corrected chi connectivity index (χ1v) is 10.6. The smallest absolute Gasteiger partial charge is 0.250 e. The van der Waals surface area contributed by atoms with Crippen molar-refractivity contribution < 1.29 is 14.3 Å². The maximum Gasteiger partial charge on any atom is 0.250 e. The van der Waals surface area contributed by atoms with Gasteiger partial charge in [-0.1, -0.05) is 39.8 Å². The molecule has 0 saturated heterocycles. The lowest BCUT2D eigenvalue weighted by Gasteiger charge is -2.07. The van der Waals surface area contributed by atoms with Crippen molar-refractivity contribution in [1.82, 2.24) is 20.2 Å². The van der Waals surface area contributed by atoms with E-state index in [9.17, 15) is 4.79 Å². The van der Waals surface area contributed by atoms with Crippen molar-refractivity contribution in [2.24, 2.45) is 12.1 Å². The summed E-state index contributed by atoms with van der Waals surface area (Å²) in [6, 6.07) is 13.1. The molecular formula is C20H20BrN5O3S. The van der Waals surface area contributed by atoms with E-state index in [2.05, 4.69) is 36.7 Å². The highest BCUT2D eigenvalue weighted by atomic mass is 79.9. The Labute approximate surface area is 186 Å². The number of ether oxygens (including phenoxy) is 2. The third-order valence-corrected chi connectivity index (χ3v) is 5.59. The van der Waals surface area contributed by atoms with Crippen LogP contribution in [0.2, 0.25) is 0 Å². The van der Waals surface area contributed by atoms with Crippen molar-refractivity contribution in [3.63, 3.8) is 0 Å². The zero-order valence-corrected chi connectivity index (χ0v) is 19.0. The van der Waals surface area contributed by atoms with Crippen LogP contribution in [0, 0.1) is 0 Å². The van der Waals surface area contributed by atoms with Gasteiger partial charge in [-0.25, -0.2) is 5.43 Å². The zero-order valence-electron chi connectivity index (χ0n) is 16.6. The number of nitrogens with zero attached hydrogens (tertiary/aromatic N) is 4. The molecule has 3 rings (SSSR count). The van der Waals surface area contributed by atoms with Gasteiger partial charge >= 0.3 is 0 Å². The predicted octanol–water partition coefficient (Wildman–Crippen LogP) is 3.50. The second-order valence-corrected chi connectivity index (χ2v) is 7.92. The Bertz CT molecular complexity index is 1070. The minimum Gasteiger partial charge on any atom is -0.497 e. The highest BCUT2D eigenvalue weighted by molar-refractivity contribution is 9.10. The summed E-state index contributed by atoms with van der Waals surface area (Å²) in [5.74, 6) is 1.91. The first-order chi connectivity index (χ1) is 14.5. The van der Waals surface area contributed by atoms with Crippen LogP contribution in [0.5, 0.6) is 11.5 Å². The summed E-state index contributed by atoms with van der Waals surface area (Å²) in [6.45, 7) is 0. The van der Waals surface area contributed by atoms with E-state index in [4.69, 9.17) is 9.47 Å². The van der Waals surface area contributed by atoms with Gasteiger partial charge in [0.05, 0.1) is 26.2 Å². The molecule has 0 unspecified atom stereocenters. The van der Waals surface area contributed by atoms with Gasteiger partial charge in [0.2, 0.25) is 0 Å². The van der Waals surface area contributed by atoms with Crippen LogP contribution in [-0.4, -0.2) is 46.9 Å². The maximum absolute atomic E-state index is 12.2. The fourth-order valence-electron chi connectivity index (χ4n) is 2.60. The molecule has 3 aromatic rings. The lowest BCUT2D eigenvalue weighted by atomic mass is 10.2. The molecule has 1 aromatic heterocycles. The number of amides is 1. The number of thioether (sulfide) groups is 1. The van der Waals surface area contributed by atoms with Gasteiger partial charge in [-0.2, -0.15) is 5.10 Å². The van der Waals surface area contributed by atoms with E-state index < -0.39 is 0 Å². The summed E-state index contributed by atoms with van der Waals surface area (Å²) in [5, 5.41) is 13.0. The van der Waals surface area contributed by atoms with Crippen LogP contribution >= 0.6 is 27.7 Å². The molecule has 0 bridgehead atoms. The lowest BCUT2D eigenvalue weighted by Crippen LogP contribution is -2.20. The SMILES string of the molecule is COc1ccc(OC)c(/C=N/NC(=O)CSc2nnc(-c3cccc(Br)c3)n2C)c1. The molecule has 0 spiro atoms. The number of benzene rings is 2. The quantitative estimate of drug-likeness (QED) is 0.295. The molecule has 0 aliphatic rings. The first kappa shape index (κ1) is 21.8. The number of carbonyl (C=O) groups is 1. The Morgan fingerprint density at radius 1 is 1.23 bits per heavy atom. The number of hydrogen-bond acceptors (Lipinski definition) is 7. The molecule has 1 heterocycles. The molecule has 0 aliphatic carbocycles. The van der Waals surface area contributed by atoms with Crippen LogP contribution < -0.4 is 14.9 Å². The molecule has 2 aromatic carbocycles. The molecular weight excluding hydrogens is 470 g/mol. The molecule has 0 radical (unpaired) electrons. The van der Waals surface area contributed by atoms with Crippen molar-refractivity contribution in [3.05, 3.63) is 52.5 Å². The van der Waals surface area contributed by atoms with Crippen LogP contribution in [0.25, 0.3) is 11.4 Å². The van der Waals surface area contributed by atoms with Crippen LogP contribution in [0.4, 0.5) is 0 Å². The number of carbonyl (C=O) groups excluding carboxylic acids is 1. The molecule has 156 valence electrons. The average Bonchev–Trinajstić information content (AvgIpc) is 3.12. The van der Waals surface area contributed by atoms with Gasteiger partial charge in [-0.05, 0) is 30.3 Å². The van der Waals surface area contributed by atoms with Crippen LogP contribution in [-0.2, 0) is 11.8 Å². The van der Waals surface area contributed by atoms with E-state index in [1.54, 1.807) is 32.4 Å². The van der Waals surface area contributed by atoms with Crippen molar-refractivity contribution in [1.29, 1.82) is 0 Å². The number of nitrogens with one attached hydrogen (secondary N) is 1.